The standard InChI is InChI=1S/C12H9Br2FOS/c13-6-8-2-1-3-10(15)12(8)16-7-9-4-5-11(14)17-9/h1-5H,6-7H2. The monoisotopic (exact) mass is 378 g/mol. The van der Waals surface area contributed by atoms with Crippen molar-refractivity contribution in [2.75, 3.05) is 0 Å². The quantitative estimate of drug-likeness (QED) is 0.669. The van der Waals surface area contributed by atoms with Gasteiger partial charge in [-0.25, -0.2) is 4.39 Å². The summed E-state index contributed by atoms with van der Waals surface area (Å²) in [6, 6.07) is 8.85. The van der Waals surface area contributed by atoms with Crippen LogP contribution in [0.25, 0.3) is 0 Å². The molecule has 0 aliphatic rings. The van der Waals surface area contributed by atoms with E-state index in [4.69, 9.17) is 4.74 Å². The molecule has 0 aliphatic carbocycles. The van der Waals surface area contributed by atoms with Crippen molar-refractivity contribution in [1.82, 2.24) is 0 Å². The molecular formula is C12H9Br2FOS. The van der Waals surface area contributed by atoms with E-state index in [1.807, 2.05) is 18.2 Å². The number of halogens is 3. The smallest absolute Gasteiger partial charge is 0.165 e. The van der Waals surface area contributed by atoms with Crippen LogP contribution in [0.3, 0.4) is 0 Å². The first-order chi connectivity index (χ1) is 8.20. The van der Waals surface area contributed by atoms with Gasteiger partial charge in [0.05, 0.1) is 3.79 Å². The highest BCUT2D eigenvalue weighted by Gasteiger charge is 2.09. The Morgan fingerprint density at radius 1 is 1.24 bits per heavy atom. The summed E-state index contributed by atoms with van der Waals surface area (Å²) >= 11 is 8.29. The van der Waals surface area contributed by atoms with Gasteiger partial charge in [-0.15, -0.1) is 11.3 Å². The van der Waals surface area contributed by atoms with Gasteiger partial charge in [0, 0.05) is 15.8 Å². The van der Waals surface area contributed by atoms with Gasteiger partial charge in [-0.2, -0.15) is 0 Å². The normalized spacial score (nSPS) is 10.5. The third kappa shape index (κ3) is 3.30. The van der Waals surface area contributed by atoms with Crippen LogP contribution in [0.4, 0.5) is 4.39 Å². The summed E-state index contributed by atoms with van der Waals surface area (Å²) in [6.07, 6.45) is 0. The second kappa shape index (κ2) is 5.98. The van der Waals surface area contributed by atoms with Gasteiger partial charge in [0.2, 0.25) is 0 Å². The third-order valence-corrected chi connectivity index (χ3v) is 4.38. The first-order valence-corrected chi connectivity index (χ1v) is 7.64. The van der Waals surface area contributed by atoms with E-state index in [9.17, 15) is 4.39 Å². The molecule has 0 radical (unpaired) electrons. The number of benzene rings is 1. The molecule has 17 heavy (non-hydrogen) atoms. The molecule has 2 aromatic rings. The first-order valence-electron chi connectivity index (χ1n) is 4.91. The van der Waals surface area contributed by atoms with Crippen molar-refractivity contribution in [3.8, 4) is 5.75 Å². The van der Waals surface area contributed by atoms with Crippen LogP contribution in [0, 0.1) is 5.82 Å². The first kappa shape index (κ1) is 13.1. The van der Waals surface area contributed by atoms with Crippen LogP contribution >= 0.6 is 43.2 Å². The Labute approximate surface area is 120 Å². The molecule has 0 unspecified atom stereocenters. The molecule has 90 valence electrons. The largest absolute Gasteiger partial charge is 0.485 e. The lowest BCUT2D eigenvalue weighted by Crippen LogP contribution is -1.98. The lowest BCUT2D eigenvalue weighted by molar-refractivity contribution is 0.291. The number of thiophene rings is 1. The fourth-order valence-corrected chi connectivity index (χ4v) is 3.23. The molecule has 0 saturated carbocycles. The van der Waals surface area contributed by atoms with Crippen molar-refractivity contribution in [2.24, 2.45) is 0 Å². The van der Waals surface area contributed by atoms with E-state index in [1.54, 1.807) is 17.4 Å². The number of alkyl halides is 1. The van der Waals surface area contributed by atoms with Crippen molar-refractivity contribution >= 4 is 43.2 Å². The van der Waals surface area contributed by atoms with E-state index >= 15 is 0 Å². The molecule has 0 atom stereocenters. The lowest BCUT2D eigenvalue weighted by atomic mass is 10.2. The van der Waals surface area contributed by atoms with Crippen molar-refractivity contribution in [2.45, 2.75) is 11.9 Å². The Kier molecular flexibility index (Phi) is 4.59. The minimum atomic E-state index is -0.322. The van der Waals surface area contributed by atoms with Crippen LogP contribution in [-0.2, 0) is 11.9 Å². The summed E-state index contributed by atoms with van der Waals surface area (Å²) in [6.45, 7) is 0.386. The Balaban J connectivity index is 2.13. The number of ether oxygens (including phenoxy) is 1. The molecule has 0 N–H and O–H groups in total. The predicted molar refractivity (Wildman–Crippen MR) is 75.4 cm³/mol. The van der Waals surface area contributed by atoms with Gasteiger partial charge in [0.1, 0.15) is 6.61 Å². The average Bonchev–Trinajstić information content (AvgIpc) is 2.73. The zero-order valence-electron chi connectivity index (χ0n) is 8.75. The molecule has 0 saturated heterocycles. The topological polar surface area (TPSA) is 9.23 Å². The van der Waals surface area contributed by atoms with Crippen LogP contribution < -0.4 is 4.74 Å². The molecule has 1 aromatic carbocycles. The van der Waals surface area contributed by atoms with E-state index in [-0.39, 0.29) is 5.82 Å². The molecule has 0 fully saturated rings. The van der Waals surface area contributed by atoms with Gasteiger partial charge >= 0.3 is 0 Å². The molecule has 1 heterocycles. The fraction of sp³-hybridized carbons (Fsp3) is 0.167. The van der Waals surface area contributed by atoms with E-state index < -0.39 is 0 Å². The molecule has 0 aliphatic heterocycles. The van der Waals surface area contributed by atoms with Crippen LogP contribution in [0.2, 0.25) is 0 Å². The predicted octanol–water partition coefficient (Wildman–Crippen LogP) is 5.12. The summed E-state index contributed by atoms with van der Waals surface area (Å²) in [5.74, 6) is 0.00599. The van der Waals surface area contributed by atoms with E-state index in [2.05, 4.69) is 31.9 Å². The van der Waals surface area contributed by atoms with Gasteiger partial charge in [-0.3, -0.25) is 0 Å². The number of para-hydroxylation sites is 1. The van der Waals surface area contributed by atoms with E-state index in [0.29, 0.717) is 17.7 Å². The minimum absolute atomic E-state index is 0.322. The molecule has 5 heteroatoms. The SMILES string of the molecule is Fc1cccc(CBr)c1OCc1ccc(Br)s1. The molecule has 2 rings (SSSR count). The van der Waals surface area contributed by atoms with Gasteiger partial charge < -0.3 is 4.74 Å². The Morgan fingerprint density at radius 3 is 2.71 bits per heavy atom. The number of rotatable bonds is 4. The van der Waals surface area contributed by atoms with E-state index in [1.165, 1.54) is 6.07 Å². The summed E-state index contributed by atoms with van der Waals surface area (Å²) in [5.41, 5.74) is 0.820. The second-order valence-corrected chi connectivity index (χ2v) is 6.46. The highest BCUT2D eigenvalue weighted by molar-refractivity contribution is 9.11. The van der Waals surface area contributed by atoms with Gasteiger partial charge in [-0.05, 0) is 34.1 Å². The van der Waals surface area contributed by atoms with Gasteiger partial charge in [0.15, 0.2) is 11.6 Å². The van der Waals surface area contributed by atoms with Crippen molar-refractivity contribution in [3.63, 3.8) is 0 Å². The van der Waals surface area contributed by atoms with Crippen LogP contribution in [0.5, 0.6) is 5.75 Å². The van der Waals surface area contributed by atoms with Crippen LogP contribution in [0.1, 0.15) is 10.4 Å². The van der Waals surface area contributed by atoms with Crippen molar-refractivity contribution in [3.05, 3.63) is 50.4 Å². The Hall–Kier alpha value is -0.390. The third-order valence-electron chi connectivity index (χ3n) is 2.18. The van der Waals surface area contributed by atoms with Crippen molar-refractivity contribution in [1.29, 1.82) is 0 Å². The summed E-state index contributed by atoms with van der Waals surface area (Å²) < 4.78 is 20.2. The van der Waals surface area contributed by atoms with Crippen LogP contribution in [0.15, 0.2) is 34.1 Å². The molecule has 0 spiro atoms. The maximum atomic E-state index is 13.6. The van der Waals surface area contributed by atoms with E-state index in [0.717, 1.165) is 14.2 Å². The molecule has 1 aromatic heterocycles. The van der Waals surface area contributed by atoms with Gasteiger partial charge in [-0.1, -0.05) is 28.1 Å². The highest BCUT2D eigenvalue weighted by Crippen LogP contribution is 2.28. The molecule has 0 amide bonds. The fourth-order valence-electron chi connectivity index (χ4n) is 1.39. The summed E-state index contributed by atoms with van der Waals surface area (Å²) in [4.78, 5) is 1.06. The Morgan fingerprint density at radius 2 is 2.06 bits per heavy atom. The Bertz CT molecular complexity index is 513. The maximum absolute atomic E-state index is 13.6. The number of hydrogen-bond acceptors (Lipinski definition) is 2. The minimum Gasteiger partial charge on any atom is -0.485 e. The second-order valence-electron chi connectivity index (χ2n) is 3.36. The van der Waals surface area contributed by atoms with Crippen LogP contribution in [-0.4, -0.2) is 0 Å². The summed E-state index contributed by atoms with van der Waals surface area (Å²) in [5, 5.41) is 0.578. The maximum Gasteiger partial charge on any atom is 0.165 e. The summed E-state index contributed by atoms with van der Waals surface area (Å²) in [7, 11) is 0. The molecule has 1 nitrogen and oxygen atoms in total. The van der Waals surface area contributed by atoms with Gasteiger partial charge in [0.25, 0.3) is 0 Å². The zero-order chi connectivity index (χ0) is 12.3. The lowest BCUT2D eigenvalue weighted by Gasteiger charge is -2.09. The zero-order valence-corrected chi connectivity index (χ0v) is 12.7. The van der Waals surface area contributed by atoms with Crippen molar-refractivity contribution < 1.29 is 9.13 Å². The molecular weight excluding hydrogens is 371 g/mol. The molecule has 0 bridgehead atoms. The highest BCUT2D eigenvalue weighted by atomic mass is 79.9. The number of hydrogen-bond donors (Lipinski definition) is 0. The average molecular weight is 380 g/mol.